The number of rotatable bonds is 3. The Balaban J connectivity index is 1.66. The average molecular weight is 351 g/mol. The number of nitrogens with zero attached hydrogens (tertiary/aromatic N) is 3. The van der Waals surface area contributed by atoms with Gasteiger partial charge in [-0.2, -0.15) is 4.98 Å². The van der Waals surface area contributed by atoms with Gasteiger partial charge in [-0.05, 0) is 55.2 Å². The fraction of sp³-hybridized carbons (Fsp3) is 0.200. The number of fused-ring (bicyclic) bond motifs is 1. The standard InChI is InChI=1S/C20H19ClN4/c1-14-16(21)8-4-9-17(14)23-20-22-12-11-19(24-20)25-13-5-7-15-6-2-3-10-18(15)25/h2-4,6,8-12H,5,7,13H2,1H3,(H,22,23,24). The van der Waals surface area contributed by atoms with Crippen LogP contribution < -0.4 is 10.2 Å². The summed E-state index contributed by atoms with van der Waals surface area (Å²) in [7, 11) is 0. The molecule has 0 spiro atoms. The maximum atomic E-state index is 6.20. The predicted octanol–water partition coefficient (Wildman–Crippen LogP) is 5.27. The minimum absolute atomic E-state index is 0.575. The molecular weight excluding hydrogens is 332 g/mol. The molecule has 3 aromatic rings. The van der Waals surface area contributed by atoms with Crippen molar-refractivity contribution in [1.82, 2.24) is 9.97 Å². The SMILES string of the molecule is Cc1c(Cl)cccc1Nc1nccc(N2CCCc3ccccc32)n1. The first-order chi connectivity index (χ1) is 12.2. The zero-order valence-electron chi connectivity index (χ0n) is 14.0. The van der Waals surface area contributed by atoms with Crippen LogP contribution in [-0.4, -0.2) is 16.5 Å². The highest BCUT2D eigenvalue weighted by atomic mass is 35.5. The first kappa shape index (κ1) is 15.9. The van der Waals surface area contributed by atoms with Gasteiger partial charge in [-0.1, -0.05) is 35.9 Å². The van der Waals surface area contributed by atoms with E-state index >= 15 is 0 Å². The fourth-order valence-corrected chi connectivity index (χ4v) is 3.37. The van der Waals surface area contributed by atoms with Crippen molar-refractivity contribution in [2.45, 2.75) is 19.8 Å². The zero-order chi connectivity index (χ0) is 17.2. The third-order valence-electron chi connectivity index (χ3n) is 4.54. The molecule has 0 aliphatic carbocycles. The molecule has 126 valence electrons. The molecule has 0 atom stereocenters. The van der Waals surface area contributed by atoms with Crippen LogP contribution >= 0.6 is 11.6 Å². The molecular formula is C20H19ClN4. The van der Waals surface area contributed by atoms with Gasteiger partial charge in [-0.3, -0.25) is 0 Å². The smallest absolute Gasteiger partial charge is 0.229 e. The fourth-order valence-electron chi connectivity index (χ4n) is 3.19. The maximum absolute atomic E-state index is 6.20. The maximum Gasteiger partial charge on any atom is 0.229 e. The number of halogens is 1. The van der Waals surface area contributed by atoms with Gasteiger partial charge in [0.25, 0.3) is 0 Å². The lowest BCUT2D eigenvalue weighted by atomic mass is 10.0. The molecule has 2 heterocycles. The van der Waals surface area contributed by atoms with Crippen molar-refractivity contribution in [2.75, 3.05) is 16.8 Å². The molecule has 0 bridgehead atoms. The van der Waals surface area contributed by atoms with Crippen LogP contribution in [0, 0.1) is 6.92 Å². The van der Waals surface area contributed by atoms with Crippen LogP contribution in [-0.2, 0) is 6.42 Å². The summed E-state index contributed by atoms with van der Waals surface area (Å²) in [6, 6.07) is 16.3. The number of benzene rings is 2. The van der Waals surface area contributed by atoms with Crippen LogP contribution in [0.5, 0.6) is 0 Å². The van der Waals surface area contributed by atoms with E-state index in [0.29, 0.717) is 5.95 Å². The molecule has 0 fully saturated rings. The molecule has 2 aromatic carbocycles. The van der Waals surface area contributed by atoms with Crippen molar-refractivity contribution < 1.29 is 0 Å². The van der Waals surface area contributed by atoms with E-state index in [1.54, 1.807) is 6.20 Å². The summed E-state index contributed by atoms with van der Waals surface area (Å²) in [5, 5.41) is 4.01. The number of nitrogens with one attached hydrogen (secondary N) is 1. The van der Waals surface area contributed by atoms with Gasteiger partial charge < -0.3 is 10.2 Å². The number of para-hydroxylation sites is 1. The minimum atomic E-state index is 0.575. The van der Waals surface area contributed by atoms with Crippen molar-refractivity contribution in [3.05, 3.63) is 70.9 Å². The Morgan fingerprint density at radius 2 is 1.96 bits per heavy atom. The lowest BCUT2D eigenvalue weighted by molar-refractivity contribution is 0.759. The number of anilines is 4. The molecule has 0 saturated carbocycles. The van der Waals surface area contributed by atoms with E-state index in [9.17, 15) is 0 Å². The van der Waals surface area contributed by atoms with Crippen LogP contribution in [0.1, 0.15) is 17.5 Å². The average Bonchev–Trinajstić information content (AvgIpc) is 2.65. The van der Waals surface area contributed by atoms with Crippen molar-refractivity contribution >= 4 is 34.7 Å². The Kier molecular flexibility index (Phi) is 4.28. The van der Waals surface area contributed by atoms with Gasteiger partial charge >= 0.3 is 0 Å². The molecule has 4 nitrogen and oxygen atoms in total. The summed E-state index contributed by atoms with van der Waals surface area (Å²) in [5.74, 6) is 1.48. The van der Waals surface area contributed by atoms with E-state index in [1.165, 1.54) is 11.3 Å². The molecule has 4 rings (SSSR count). The molecule has 1 aliphatic rings. The van der Waals surface area contributed by atoms with Gasteiger partial charge in [-0.15, -0.1) is 0 Å². The quantitative estimate of drug-likeness (QED) is 0.699. The third-order valence-corrected chi connectivity index (χ3v) is 4.95. The second kappa shape index (κ2) is 6.73. The molecule has 0 unspecified atom stereocenters. The number of aromatic nitrogens is 2. The molecule has 1 N–H and O–H groups in total. The normalized spacial score (nSPS) is 13.4. The van der Waals surface area contributed by atoms with E-state index in [0.717, 1.165) is 41.5 Å². The van der Waals surface area contributed by atoms with Gasteiger partial charge in [-0.25, -0.2) is 4.98 Å². The Hall–Kier alpha value is -2.59. The van der Waals surface area contributed by atoms with Gasteiger partial charge in [0.15, 0.2) is 0 Å². The summed E-state index contributed by atoms with van der Waals surface area (Å²) in [6.45, 7) is 2.94. The number of hydrogen-bond acceptors (Lipinski definition) is 4. The first-order valence-corrected chi connectivity index (χ1v) is 8.81. The molecule has 5 heteroatoms. The largest absolute Gasteiger partial charge is 0.326 e. The number of hydrogen-bond donors (Lipinski definition) is 1. The number of aryl methyl sites for hydroxylation is 1. The Bertz CT molecular complexity index is 910. The van der Waals surface area contributed by atoms with E-state index in [4.69, 9.17) is 16.6 Å². The Morgan fingerprint density at radius 3 is 2.88 bits per heavy atom. The highest BCUT2D eigenvalue weighted by Crippen LogP contribution is 2.33. The topological polar surface area (TPSA) is 41.1 Å². The highest BCUT2D eigenvalue weighted by Gasteiger charge is 2.19. The summed E-state index contributed by atoms with van der Waals surface area (Å²) in [5.41, 5.74) is 4.51. The lowest BCUT2D eigenvalue weighted by Crippen LogP contribution is -2.25. The lowest BCUT2D eigenvalue weighted by Gasteiger charge is -2.30. The summed E-state index contributed by atoms with van der Waals surface area (Å²) < 4.78 is 0. The molecule has 1 aromatic heterocycles. The summed E-state index contributed by atoms with van der Waals surface area (Å²) in [6.07, 6.45) is 4.03. The van der Waals surface area contributed by atoms with Gasteiger partial charge in [0.2, 0.25) is 5.95 Å². The predicted molar refractivity (Wildman–Crippen MR) is 103 cm³/mol. The molecule has 0 amide bonds. The van der Waals surface area contributed by atoms with E-state index < -0.39 is 0 Å². The van der Waals surface area contributed by atoms with Crippen LogP contribution in [0.4, 0.5) is 23.1 Å². The Labute approximate surface area is 152 Å². The first-order valence-electron chi connectivity index (χ1n) is 8.43. The van der Waals surface area contributed by atoms with Gasteiger partial charge in [0.05, 0.1) is 0 Å². The van der Waals surface area contributed by atoms with E-state index in [-0.39, 0.29) is 0 Å². The van der Waals surface area contributed by atoms with Crippen LogP contribution in [0.3, 0.4) is 0 Å². The highest BCUT2D eigenvalue weighted by molar-refractivity contribution is 6.31. The zero-order valence-corrected chi connectivity index (χ0v) is 14.8. The third kappa shape index (κ3) is 3.17. The van der Waals surface area contributed by atoms with Crippen LogP contribution in [0.25, 0.3) is 0 Å². The second-order valence-electron chi connectivity index (χ2n) is 6.16. The van der Waals surface area contributed by atoms with Gasteiger partial charge in [0.1, 0.15) is 5.82 Å². The minimum Gasteiger partial charge on any atom is -0.326 e. The van der Waals surface area contributed by atoms with Crippen molar-refractivity contribution in [1.29, 1.82) is 0 Å². The van der Waals surface area contributed by atoms with E-state index in [2.05, 4.69) is 39.5 Å². The molecule has 0 radical (unpaired) electrons. The van der Waals surface area contributed by atoms with Crippen LogP contribution in [0.15, 0.2) is 54.7 Å². The summed E-state index contributed by atoms with van der Waals surface area (Å²) in [4.78, 5) is 11.3. The van der Waals surface area contributed by atoms with Crippen molar-refractivity contribution in [3.63, 3.8) is 0 Å². The van der Waals surface area contributed by atoms with E-state index in [1.807, 2.05) is 31.2 Å². The second-order valence-corrected chi connectivity index (χ2v) is 6.57. The van der Waals surface area contributed by atoms with Crippen molar-refractivity contribution in [3.8, 4) is 0 Å². The van der Waals surface area contributed by atoms with Gasteiger partial charge in [0, 0.05) is 29.1 Å². The van der Waals surface area contributed by atoms with Crippen LogP contribution in [0.2, 0.25) is 5.02 Å². The van der Waals surface area contributed by atoms with Crippen molar-refractivity contribution in [2.24, 2.45) is 0 Å². The molecule has 0 saturated heterocycles. The Morgan fingerprint density at radius 1 is 1.08 bits per heavy atom. The molecule has 1 aliphatic heterocycles. The summed E-state index contributed by atoms with van der Waals surface area (Å²) >= 11 is 6.20. The molecule has 25 heavy (non-hydrogen) atoms. The monoisotopic (exact) mass is 350 g/mol.